The number of nitrogens with one attached hydrogen (secondary N) is 2. The normalized spacial score (nSPS) is 11.3. The molecule has 2 amide bonds. The van der Waals surface area contributed by atoms with Crippen LogP contribution in [0.4, 0.5) is 0 Å². The number of nitrogens with zero attached hydrogens (tertiary/aromatic N) is 1. The maximum Gasteiger partial charge on any atom is 0.234 e. The Kier molecular flexibility index (Phi) is 33.8. The molecule has 0 aromatic rings. The predicted molar refractivity (Wildman–Crippen MR) is 161 cm³/mol. The first-order valence-electron chi connectivity index (χ1n) is 15.6. The summed E-state index contributed by atoms with van der Waals surface area (Å²) in [6, 6.07) is 0. The van der Waals surface area contributed by atoms with Crippen LogP contribution in [0.5, 0.6) is 0 Å². The van der Waals surface area contributed by atoms with Crippen LogP contribution in [0.15, 0.2) is 0 Å². The molecule has 14 heteroatoms. The summed E-state index contributed by atoms with van der Waals surface area (Å²) < 4.78 is 48.6. The van der Waals surface area contributed by atoms with Gasteiger partial charge in [-0.15, -0.1) is 0 Å². The molecule has 43 heavy (non-hydrogen) atoms. The van der Waals surface area contributed by atoms with Crippen molar-refractivity contribution in [2.45, 2.75) is 27.2 Å². The first-order valence-corrected chi connectivity index (χ1v) is 15.6. The summed E-state index contributed by atoms with van der Waals surface area (Å²) in [7, 11) is 0. The summed E-state index contributed by atoms with van der Waals surface area (Å²) in [6.45, 7) is 16.3. The minimum atomic E-state index is -0.202. The van der Waals surface area contributed by atoms with E-state index >= 15 is 0 Å². The maximum atomic E-state index is 12.5. The summed E-state index contributed by atoms with van der Waals surface area (Å²) >= 11 is 0. The van der Waals surface area contributed by atoms with Gasteiger partial charge < -0.3 is 53.3 Å². The average molecular weight is 626 g/mol. The zero-order chi connectivity index (χ0) is 31.5. The van der Waals surface area contributed by atoms with Gasteiger partial charge in [0.25, 0.3) is 0 Å². The van der Waals surface area contributed by atoms with Gasteiger partial charge in [0, 0.05) is 39.5 Å². The molecule has 0 aliphatic heterocycles. The highest BCUT2D eigenvalue weighted by atomic mass is 16.6. The van der Waals surface area contributed by atoms with Crippen LogP contribution < -0.4 is 10.6 Å². The number of carbonyl (C=O) groups is 2. The van der Waals surface area contributed by atoms with Crippen LogP contribution in [0.1, 0.15) is 27.2 Å². The Hall–Kier alpha value is -1.46. The Morgan fingerprint density at radius 3 is 1.14 bits per heavy atom. The summed E-state index contributed by atoms with van der Waals surface area (Å²) in [5.41, 5.74) is 0. The van der Waals surface area contributed by atoms with E-state index in [4.69, 9.17) is 42.6 Å². The molecule has 14 nitrogen and oxygen atoms in total. The van der Waals surface area contributed by atoms with E-state index < -0.39 is 0 Å². The van der Waals surface area contributed by atoms with Gasteiger partial charge in [-0.1, -0.05) is 6.92 Å². The van der Waals surface area contributed by atoms with Crippen molar-refractivity contribution in [2.75, 3.05) is 152 Å². The molecule has 0 saturated carbocycles. The molecule has 0 heterocycles. The van der Waals surface area contributed by atoms with Crippen LogP contribution in [0.25, 0.3) is 0 Å². The van der Waals surface area contributed by atoms with Crippen molar-refractivity contribution in [1.82, 2.24) is 15.5 Å². The second-order valence-corrected chi connectivity index (χ2v) is 9.09. The molecule has 0 fully saturated rings. The minimum absolute atomic E-state index is 0.0536. The molecule has 0 radical (unpaired) electrons. The van der Waals surface area contributed by atoms with Gasteiger partial charge in [-0.3, -0.25) is 14.5 Å². The van der Waals surface area contributed by atoms with Gasteiger partial charge in [0.2, 0.25) is 11.8 Å². The lowest BCUT2D eigenvalue weighted by atomic mass is 10.4. The van der Waals surface area contributed by atoms with Gasteiger partial charge in [0.15, 0.2) is 0 Å². The molecular formula is C29H59N3O11. The van der Waals surface area contributed by atoms with Crippen molar-refractivity contribution in [1.29, 1.82) is 0 Å². The number of hydrogen-bond donors (Lipinski definition) is 2. The molecule has 0 aliphatic carbocycles. The third-order valence-electron chi connectivity index (χ3n) is 5.41. The first kappa shape index (κ1) is 41.5. The largest absolute Gasteiger partial charge is 0.379 e. The molecule has 0 aliphatic rings. The standard InChI is InChI=1S/C29H59N3O11/c1-4-10-37-18-22-43-24-20-39-12-8-31-29(34)27-32(9-13-40-21-25-42-17-15-36-6-3)26-28(33)30-7-11-38-19-23-41-16-14-35-5-2/h4-27H2,1-3H3,(H,30,33)(H,31,34). The van der Waals surface area contributed by atoms with Gasteiger partial charge in [-0.25, -0.2) is 0 Å². The van der Waals surface area contributed by atoms with E-state index in [0.29, 0.717) is 132 Å². The number of amides is 2. The Balaban J connectivity index is 4.18. The predicted octanol–water partition coefficient (Wildman–Crippen LogP) is 0.120. The van der Waals surface area contributed by atoms with Crippen LogP contribution >= 0.6 is 0 Å². The van der Waals surface area contributed by atoms with Crippen LogP contribution in [-0.4, -0.2) is 168 Å². The highest BCUT2D eigenvalue weighted by Crippen LogP contribution is 1.92. The Morgan fingerprint density at radius 1 is 0.442 bits per heavy atom. The lowest BCUT2D eigenvalue weighted by molar-refractivity contribution is -0.125. The molecule has 0 rings (SSSR count). The van der Waals surface area contributed by atoms with Crippen molar-refractivity contribution in [3.05, 3.63) is 0 Å². The smallest absolute Gasteiger partial charge is 0.234 e. The van der Waals surface area contributed by atoms with Crippen molar-refractivity contribution in [3.8, 4) is 0 Å². The number of carbonyl (C=O) groups excluding carboxylic acids is 2. The summed E-state index contributed by atoms with van der Waals surface area (Å²) in [4.78, 5) is 26.7. The lowest BCUT2D eigenvalue weighted by Crippen LogP contribution is -2.45. The van der Waals surface area contributed by atoms with Crippen LogP contribution in [0.3, 0.4) is 0 Å². The quantitative estimate of drug-likeness (QED) is 0.0924. The number of hydrogen-bond acceptors (Lipinski definition) is 12. The van der Waals surface area contributed by atoms with Crippen LogP contribution in [0, 0.1) is 0 Å². The molecule has 0 saturated heterocycles. The number of ether oxygens (including phenoxy) is 9. The first-order chi connectivity index (χ1) is 21.1. The fourth-order valence-electron chi connectivity index (χ4n) is 3.31. The molecule has 0 aromatic carbocycles. The molecule has 0 unspecified atom stereocenters. The molecule has 2 N–H and O–H groups in total. The Morgan fingerprint density at radius 2 is 0.767 bits per heavy atom. The molecule has 0 aromatic heterocycles. The van der Waals surface area contributed by atoms with E-state index in [-0.39, 0.29) is 24.9 Å². The van der Waals surface area contributed by atoms with Crippen molar-refractivity contribution >= 4 is 11.8 Å². The number of rotatable bonds is 35. The van der Waals surface area contributed by atoms with Crippen molar-refractivity contribution < 1.29 is 52.2 Å². The molecule has 256 valence electrons. The SMILES string of the molecule is CCCOCCOCCOCCNC(=O)CN(CCOCCOCCOCC)CC(=O)NCCOCCOCCOCC. The van der Waals surface area contributed by atoms with Gasteiger partial charge in [-0.05, 0) is 20.3 Å². The molecule has 0 spiro atoms. The van der Waals surface area contributed by atoms with E-state index in [1.807, 2.05) is 13.8 Å². The Bertz CT molecular complexity index is 606. The Labute approximate surface area is 258 Å². The zero-order valence-electron chi connectivity index (χ0n) is 26.9. The maximum absolute atomic E-state index is 12.5. The molecule has 0 atom stereocenters. The second kappa shape index (κ2) is 35.0. The van der Waals surface area contributed by atoms with Gasteiger partial charge in [-0.2, -0.15) is 0 Å². The highest BCUT2D eigenvalue weighted by Gasteiger charge is 2.14. The van der Waals surface area contributed by atoms with Gasteiger partial charge in [0.05, 0.1) is 112 Å². The van der Waals surface area contributed by atoms with E-state index in [2.05, 4.69) is 17.6 Å². The van der Waals surface area contributed by atoms with Crippen LogP contribution in [-0.2, 0) is 52.2 Å². The summed E-state index contributed by atoms with van der Waals surface area (Å²) in [6.07, 6.45) is 0.987. The lowest BCUT2D eigenvalue weighted by Gasteiger charge is -2.21. The third-order valence-corrected chi connectivity index (χ3v) is 5.41. The fourth-order valence-corrected chi connectivity index (χ4v) is 3.31. The average Bonchev–Trinajstić information content (AvgIpc) is 2.99. The summed E-state index contributed by atoms with van der Waals surface area (Å²) in [5.74, 6) is -0.403. The second-order valence-electron chi connectivity index (χ2n) is 9.09. The highest BCUT2D eigenvalue weighted by molar-refractivity contribution is 5.81. The topological polar surface area (TPSA) is 145 Å². The summed E-state index contributed by atoms with van der Waals surface area (Å²) in [5, 5.41) is 5.64. The van der Waals surface area contributed by atoms with Crippen LogP contribution in [0.2, 0.25) is 0 Å². The van der Waals surface area contributed by atoms with Crippen molar-refractivity contribution in [2.24, 2.45) is 0 Å². The van der Waals surface area contributed by atoms with Gasteiger partial charge in [0.1, 0.15) is 0 Å². The van der Waals surface area contributed by atoms with Gasteiger partial charge >= 0.3 is 0 Å². The fraction of sp³-hybridized carbons (Fsp3) is 0.931. The third kappa shape index (κ3) is 33.3. The monoisotopic (exact) mass is 625 g/mol. The molecule has 0 bridgehead atoms. The van der Waals surface area contributed by atoms with E-state index in [0.717, 1.165) is 13.0 Å². The van der Waals surface area contributed by atoms with E-state index in [1.54, 1.807) is 4.90 Å². The van der Waals surface area contributed by atoms with Crippen molar-refractivity contribution in [3.63, 3.8) is 0 Å². The molecular weight excluding hydrogens is 566 g/mol. The zero-order valence-corrected chi connectivity index (χ0v) is 26.9. The minimum Gasteiger partial charge on any atom is -0.379 e. The van der Waals surface area contributed by atoms with E-state index in [1.165, 1.54) is 0 Å². The van der Waals surface area contributed by atoms with E-state index in [9.17, 15) is 9.59 Å².